The zero-order valence-corrected chi connectivity index (χ0v) is 10.9. The number of nitrogens with zero attached hydrogens (tertiary/aromatic N) is 6. The van der Waals surface area contributed by atoms with Crippen molar-refractivity contribution in [1.29, 1.82) is 0 Å². The number of aliphatic imine (C=N–C) groups is 2. The maximum Gasteiger partial charge on any atom is 0.211 e. The highest BCUT2D eigenvalue weighted by molar-refractivity contribution is 6.29. The van der Waals surface area contributed by atoms with Gasteiger partial charge in [-0.3, -0.25) is 9.98 Å². The molecule has 0 rings (SSSR count). The van der Waals surface area contributed by atoms with Gasteiger partial charge in [0.2, 0.25) is 11.9 Å². The molecule has 0 spiro atoms. The number of hydrogen-bond acceptors (Lipinski definition) is 4. The molecule has 0 aromatic carbocycles. The zero-order valence-electron chi connectivity index (χ0n) is 10.9. The van der Waals surface area contributed by atoms with Crippen LogP contribution in [-0.2, 0) is 0 Å². The van der Waals surface area contributed by atoms with Crippen LogP contribution in [0.2, 0.25) is 0 Å². The predicted molar refractivity (Wildman–Crippen MR) is 72.2 cm³/mol. The second-order valence-corrected chi connectivity index (χ2v) is 3.20. The van der Waals surface area contributed by atoms with Gasteiger partial charge in [0.25, 0.3) is 0 Å². The van der Waals surface area contributed by atoms with Crippen LogP contribution >= 0.6 is 0 Å². The van der Waals surface area contributed by atoms with Crippen LogP contribution in [-0.4, -0.2) is 62.1 Å². The summed E-state index contributed by atoms with van der Waals surface area (Å²) in [4.78, 5) is 7.58. The van der Waals surface area contributed by atoms with E-state index in [4.69, 9.17) is 11.5 Å². The minimum atomic E-state index is 0.317. The highest BCUT2D eigenvalue weighted by atomic mass is 15.5. The minimum absolute atomic E-state index is 0.317. The van der Waals surface area contributed by atoms with Gasteiger partial charge >= 0.3 is 0 Å². The molecule has 0 saturated heterocycles. The lowest BCUT2D eigenvalue weighted by atomic mass is 10.5. The van der Waals surface area contributed by atoms with Gasteiger partial charge in [0, 0.05) is 28.2 Å². The van der Waals surface area contributed by atoms with Crippen LogP contribution in [0.3, 0.4) is 0 Å². The molecule has 0 aliphatic carbocycles. The smallest absolute Gasteiger partial charge is 0.211 e. The lowest BCUT2D eigenvalue weighted by Gasteiger charge is -2.12. The Morgan fingerprint density at radius 3 is 1.94 bits per heavy atom. The fraction of sp³-hybridized carbons (Fsp3) is 0.556. The van der Waals surface area contributed by atoms with E-state index in [2.05, 4.69) is 20.2 Å². The molecular weight excluding hydrogens is 220 g/mol. The van der Waals surface area contributed by atoms with Gasteiger partial charge in [-0.25, -0.2) is 10.0 Å². The Morgan fingerprint density at radius 1 is 1.00 bits per heavy atom. The molecule has 0 heterocycles. The molecule has 8 heteroatoms. The molecule has 0 aromatic rings. The molecule has 0 bridgehead atoms. The molecule has 8 nitrogen and oxygen atoms in total. The summed E-state index contributed by atoms with van der Waals surface area (Å²) in [6, 6.07) is 0. The highest BCUT2D eigenvalue weighted by Gasteiger charge is 1.99. The fourth-order valence-electron chi connectivity index (χ4n) is 0.832. The van der Waals surface area contributed by atoms with Gasteiger partial charge in [0.1, 0.15) is 0 Å². The first kappa shape index (κ1) is 14.9. The van der Waals surface area contributed by atoms with E-state index < -0.39 is 0 Å². The topological polar surface area (TPSA) is 108 Å². The Hall–Kier alpha value is -2.12. The number of hydrazone groups is 2. The predicted octanol–water partition coefficient (Wildman–Crippen LogP) is -0.899. The molecule has 96 valence electrons. The van der Waals surface area contributed by atoms with Crippen molar-refractivity contribution in [1.82, 2.24) is 10.0 Å². The molecule has 0 saturated carbocycles. The highest BCUT2D eigenvalue weighted by Crippen LogP contribution is 1.87. The third-order valence-electron chi connectivity index (χ3n) is 1.85. The molecular formula is C9H20N8. The monoisotopic (exact) mass is 240 g/mol. The quantitative estimate of drug-likeness (QED) is 0.378. The largest absolute Gasteiger partial charge is 0.368 e. The number of nitrogens with two attached hydrogens (primary N) is 2. The van der Waals surface area contributed by atoms with E-state index in [-0.39, 0.29) is 0 Å². The summed E-state index contributed by atoms with van der Waals surface area (Å²) >= 11 is 0. The number of rotatable bonds is 3. The van der Waals surface area contributed by atoms with Crippen molar-refractivity contribution >= 4 is 23.8 Å². The Morgan fingerprint density at radius 2 is 1.47 bits per heavy atom. The van der Waals surface area contributed by atoms with Gasteiger partial charge < -0.3 is 11.5 Å². The summed E-state index contributed by atoms with van der Waals surface area (Å²) in [5, 5.41) is 11.1. The van der Waals surface area contributed by atoms with Crippen molar-refractivity contribution in [2.24, 2.45) is 31.7 Å². The van der Waals surface area contributed by atoms with Gasteiger partial charge in [-0.05, 0) is 6.92 Å². The van der Waals surface area contributed by atoms with Gasteiger partial charge in [-0.2, -0.15) is 10.2 Å². The summed E-state index contributed by atoms with van der Waals surface area (Å²) in [6.45, 7) is 1.79. The molecule has 0 amide bonds. The standard InChI is InChI=1S/C9H20N8/c1-7(15-17(5)9(11)13-3)6-14-16(4)8(10)12-2/h6H,1-5H3,(H2,10,12)(H2,11,13). The summed E-state index contributed by atoms with van der Waals surface area (Å²) < 4.78 is 0. The normalized spacial score (nSPS) is 14.3. The van der Waals surface area contributed by atoms with Crippen LogP contribution in [0, 0.1) is 0 Å². The first-order valence-corrected chi connectivity index (χ1v) is 4.93. The zero-order chi connectivity index (χ0) is 13.4. The van der Waals surface area contributed by atoms with Crippen LogP contribution in [0.4, 0.5) is 0 Å². The Kier molecular flexibility index (Phi) is 6.30. The molecule has 0 aliphatic rings. The maximum atomic E-state index is 5.57. The van der Waals surface area contributed by atoms with Crippen molar-refractivity contribution in [2.75, 3.05) is 28.2 Å². The third kappa shape index (κ3) is 5.50. The first-order chi connectivity index (χ1) is 7.92. The summed E-state index contributed by atoms with van der Waals surface area (Å²) in [5.74, 6) is 0.637. The van der Waals surface area contributed by atoms with E-state index in [0.29, 0.717) is 17.6 Å². The van der Waals surface area contributed by atoms with E-state index in [0.717, 1.165) is 0 Å². The second-order valence-electron chi connectivity index (χ2n) is 3.20. The first-order valence-electron chi connectivity index (χ1n) is 4.93. The van der Waals surface area contributed by atoms with Crippen molar-refractivity contribution in [3.8, 4) is 0 Å². The van der Waals surface area contributed by atoms with E-state index in [1.807, 2.05) is 0 Å². The van der Waals surface area contributed by atoms with Crippen molar-refractivity contribution < 1.29 is 0 Å². The Bertz CT molecular complexity index is 354. The average molecular weight is 240 g/mol. The van der Waals surface area contributed by atoms with E-state index in [9.17, 15) is 0 Å². The van der Waals surface area contributed by atoms with E-state index in [1.54, 1.807) is 41.3 Å². The minimum Gasteiger partial charge on any atom is -0.368 e. The van der Waals surface area contributed by atoms with Crippen LogP contribution in [0.1, 0.15) is 6.92 Å². The lowest BCUT2D eigenvalue weighted by molar-refractivity contribution is 0.533. The molecule has 17 heavy (non-hydrogen) atoms. The van der Waals surface area contributed by atoms with Crippen LogP contribution < -0.4 is 11.5 Å². The van der Waals surface area contributed by atoms with Crippen molar-refractivity contribution in [3.63, 3.8) is 0 Å². The van der Waals surface area contributed by atoms with E-state index in [1.165, 1.54) is 10.0 Å². The summed E-state index contributed by atoms with van der Waals surface area (Å²) in [5.41, 5.74) is 11.8. The fourth-order valence-corrected chi connectivity index (χ4v) is 0.832. The molecule has 0 fully saturated rings. The third-order valence-corrected chi connectivity index (χ3v) is 1.85. The molecule has 0 unspecified atom stereocenters. The van der Waals surface area contributed by atoms with Gasteiger partial charge in [-0.15, -0.1) is 0 Å². The van der Waals surface area contributed by atoms with Crippen molar-refractivity contribution in [3.05, 3.63) is 0 Å². The molecule has 4 N–H and O–H groups in total. The van der Waals surface area contributed by atoms with Crippen molar-refractivity contribution in [2.45, 2.75) is 6.92 Å². The SMILES string of the molecule is CN=C(N)N(C)N=CC(C)=NN(C)C(N)=NC. The summed E-state index contributed by atoms with van der Waals surface area (Å²) in [7, 11) is 6.58. The molecule has 0 atom stereocenters. The maximum absolute atomic E-state index is 5.57. The molecule has 0 radical (unpaired) electrons. The number of hydrogen-bond donors (Lipinski definition) is 2. The second kappa shape index (κ2) is 7.20. The molecule has 0 aliphatic heterocycles. The van der Waals surface area contributed by atoms with Gasteiger partial charge in [-0.1, -0.05) is 0 Å². The number of guanidine groups is 2. The van der Waals surface area contributed by atoms with E-state index >= 15 is 0 Å². The average Bonchev–Trinajstić information content (AvgIpc) is 2.33. The van der Waals surface area contributed by atoms with Gasteiger partial charge in [0.05, 0.1) is 11.9 Å². The Balaban J connectivity index is 4.59. The lowest BCUT2D eigenvalue weighted by Crippen LogP contribution is -2.31. The van der Waals surface area contributed by atoms with Crippen LogP contribution in [0.15, 0.2) is 20.2 Å². The van der Waals surface area contributed by atoms with Crippen LogP contribution in [0.5, 0.6) is 0 Å². The summed E-state index contributed by atoms with van der Waals surface area (Å²) in [6.07, 6.45) is 1.55. The van der Waals surface area contributed by atoms with Crippen LogP contribution in [0.25, 0.3) is 0 Å². The molecule has 0 aromatic heterocycles. The van der Waals surface area contributed by atoms with Gasteiger partial charge in [0.15, 0.2) is 0 Å². The Labute approximate surface area is 101 Å².